The molecule has 0 amide bonds. The highest BCUT2D eigenvalue weighted by atomic mass is 16.5. The van der Waals surface area contributed by atoms with Crippen molar-refractivity contribution in [1.29, 1.82) is 0 Å². The lowest BCUT2D eigenvalue weighted by Crippen LogP contribution is -2.37. The van der Waals surface area contributed by atoms with Crippen molar-refractivity contribution in [3.05, 3.63) is 190 Å². The third-order valence-corrected chi connectivity index (χ3v) is 11.8. The normalized spacial score (nSPS) is 19.7. The second-order valence-electron chi connectivity index (χ2n) is 14.6. The van der Waals surface area contributed by atoms with E-state index >= 15 is 0 Å². The van der Waals surface area contributed by atoms with Crippen LogP contribution in [0.1, 0.15) is 76.4 Å². The summed E-state index contributed by atoms with van der Waals surface area (Å²) in [6.45, 7) is 1.06. The molecule has 4 nitrogen and oxygen atoms in total. The van der Waals surface area contributed by atoms with Crippen LogP contribution in [0.25, 0.3) is 22.2 Å². The van der Waals surface area contributed by atoms with Crippen molar-refractivity contribution in [3.63, 3.8) is 0 Å². The highest BCUT2D eigenvalue weighted by Crippen LogP contribution is 2.62. The Morgan fingerprint density at radius 1 is 0.615 bits per heavy atom. The molecule has 0 radical (unpaired) electrons. The number of fused-ring (bicyclic) bond motifs is 11. The van der Waals surface area contributed by atoms with Crippen LogP contribution in [0.3, 0.4) is 0 Å². The maximum absolute atomic E-state index is 6.95. The van der Waals surface area contributed by atoms with Gasteiger partial charge in [0.1, 0.15) is 23.0 Å². The van der Waals surface area contributed by atoms with Gasteiger partial charge in [0.25, 0.3) is 0 Å². The summed E-state index contributed by atoms with van der Waals surface area (Å²) < 4.78 is 16.2. The molecule has 1 spiro atoms. The Kier molecular flexibility index (Phi) is 6.65. The lowest BCUT2D eigenvalue weighted by molar-refractivity contribution is 0.393. The summed E-state index contributed by atoms with van der Waals surface area (Å²) in [7, 11) is 0. The highest BCUT2D eigenvalue weighted by molar-refractivity contribution is 6.01. The van der Waals surface area contributed by atoms with Crippen LogP contribution in [0.2, 0.25) is 0 Å². The molecule has 1 fully saturated rings. The van der Waals surface area contributed by atoms with Crippen LogP contribution in [0.5, 0.6) is 23.0 Å². The molecule has 4 heteroatoms. The number of allylic oxidation sites excluding steroid dienone is 1. The van der Waals surface area contributed by atoms with E-state index in [0.717, 1.165) is 71.1 Å². The van der Waals surface area contributed by atoms with Gasteiger partial charge < -0.3 is 19.4 Å². The van der Waals surface area contributed by atoms with Crippen LogP contribution in [0.15, 0.2) is 146 Å². The lowest BCUT2D eigenvalue weighted by atomic mass is 9.62. The minimum absolute atomic E-state index is 0.342. The Labute approximate surface area is 304 Å². The molecule has 0 saturated carbocycles. The zero-order valence-electron chi connectivity index (χ0n) is 28.9. The second kappa shape index (κ2) is 11.6. The molecular weight excluding hydrogens is 637 g/mol. The molecule has 1 aromatic heterocycles. The van der Waals surface area contributed by atoms with Gasteiger partial charge in [-0.2, -0.15) is 0 Å². The number of nitrogens with one attached hydrogen (secondary N) is 1. The Hall–Kier alpha value is -5.84. The van der Waals surface area contributed by atoms with E-state index in [1.807, 2.05) is 0 Å². The van der Waals surface area contributed by atoms with Crippen LogP contribution in [0.4, 0.5) is 0 Å². The summed E-state index contributed by atoms with van der Waals surface area (Å²) in [6, 6.07) is 51.0. The molecule has 1 aliphatic carbocycles. The van der Waals surface area contributed by atoms with Crippen molar-refractivity contribution in [2.45, 2.75) is 43.6 Å². The zero-order chi connectivity index (χ0) is 34.2. The monoisotopic (exact) mass is 674 g/mol. The van der Waals surface area contributed by atoms with E-state index in [4.69, 9.17) is 9.47 Å². The van der Waals surface area contributed by atoms with Gasteiger partial charge in [0.05, 0.1) is 10.9 Å². The number of para-hydroxylation sites is 4. The van der Waals surface area contributed by atoms with Crippen molar-refractivity contribution in [2.75, 3.05) is 6.54 Å². The zero-order valence-corrected chi connectivity index (χ0v) is 28.9. The summed E-state index contributed by atoms with van der Waals surface area (Å²) in [5, 5.41) is 5.03. The lowest BCUT2D eigenvalue weighted by Gasteiger charge is -2.45. The average Bonchev–Trinajstić information content (AvgIpc) is 3.56. The van der Waals surface area contributed by atoms with E-state index in [2.05, 4.69) is 155 Å². The van der Waals surface area contributed by atoms with Crippen LogP contribution >= 0.6 is 0 Å². The summed E-state index contributed by atoms with van der Waals surface area (Å²) >= 11 is 0. The van der Waals surface area contributed by atoms with E-state index < -0.39 is 5.41 Å². The maximum Gasteiger partial charge on any atom is 0.132 e. The third-order valence-electron chi connectivity index (χ3n) is 11.8. The largest absolute Gasteiger partial charge is 0.457 e. The van der Waals surface area contributed by atoms with E-state index in [1.165, 1.54) is 57.4 Å². The van der Waals surface area contributed by atoms with Crippen molar-refractivity contribution in [3.8, 4) is 28.7 Å². The van der Waals surface area contributed by atoms with Gasteiger partial charge in [0, 0.05) is 50.6 Å². The van der Waals surface area contributed by atoms with Gasteiger partial charge in [-0.05, 0) is 91.4 Å². The standard InChI is InChI=1S/C48H38N2O2/c1-2-13-33(14-3-1)50-41-20-7-4-15-35(41)47-34(16-12-21-42(47)50)31-24-26-38-45(29-31)51-43-22-8-5-17-36(43)48(38)37-18-6-9-23-44(37)52-46-30-32(25-27-39(46)48)40-19-10-11-28-49-40/h1-9,13-18,20,22-27,29-30,40,49H,10-12,19,21,28H2. The van der Waals surface area contributed by atoms with Crippen LogP contribution in [0, 0.1) is 0 Å². The molecule has 2 atom stereocenters. The number of hydrogen-bond acceptors (Lipinski definition) is 3. The van der Waals surface area contributed by atoms with E-state index in [0.29, 0.717) is 6.04 Å². The van der Waals surface area contributed by atoms with E-state index in [1.54, 1.807) is 0 Å². The number of hydrogen-bond donors (Lipinski definition) is 1. The molecule has 2 unspecified atom stereocenters. The number of rotatable bonds is 3. The van der Waals surface area contributed by atoms with Gasteiger partial charge in [-0.3, -0.25) is 0 Å². The fourth-order valence-corrected chi connectivity index (χ4v) is 9.63. The fourth-order valence-electron chi connectivity index (χ4n) is 9.63. The smallest absolute Gasteiger partial charge is 0.132 e. The number of benzene rings is 6. The molecule has 1 saturated heterocycles. The molecular formula is C48H38N2O2. The van der Waals surface area contributed by atoms with Gasteiger partial charge >= 0.3 is 0 Å². The number of nitrogens with zero attached hydrogens (tertiary/aromatic N) is 1. The molecule has 1 N–H and O–H groups in total. The number of aromatic nitrogens is 1. The molecule has 252 valence electrons. The minimum atomic E-state index is -0.610. The molecule has 4 aliphatic rings. The molecule has 3 aliphatic heterocycles. The molecule has 6 aromatic carbocycles. The summed E-state index contributed by atoms with van der Waals surface area (Å²) in [6.07, 6.45) is 8.02. The molecule has 4 heterocycles. The van der Waals surface area contributed by atoms with Gasteiger partial charge in [0.2, 0.25) is 0 Å². The molecule has 7 aromatic rings. The first-order valence-corrected chi connectivity index (χ1v) is 18.7. The molecule has 52 heavy (non-hydrogen) atoms. The Balaban J connectivity index is 1.12. The van der Waals surface area contributed by atoms with Crippen molar-refractivity contribution in [2.24, 2.45) is 0 Å². The first kappa shape index (κ1) is 29.8. The van der Waals surface area contributed by atoms with Gasteiger partial charge in [-0.1, -0.05) is 110 Å². The van der Waals surface area contributed by atoms with Gasteiger partial charge in [0.15, 0.2) is 0 Å². The topological polar surface area (TPSA) is 35.4 Å². The minimum Gasteiger partial charge on any atom is -0.457 e. The Morgan fingerprint density at radius 3 is 2.06 bits per heavy atom. The van der Waals surface area contributed by atoms with Crippen molar-refractivity contribution < 1.29 is 9.47 Å². The van der Waals surface area contributed by atoms with Crippen molar-refractivity contribution >= 4 is 16.5 Å². The number of piperidine rings is 1. The molecule has 11 rings (SSSR count). The maximum atomic E-state index is 6.95. The summed E-state index contributed by atoms with van der Waals surface area (Å²) in [5.74, 6) is 3.58. The predicted molar refractivity (Wildman–Crippen MR) is 208 cm³/mol. The first-order valence-electron chi connectivity index (χ1n) is 18.7. The van der Waals surface area contributed by atoms with Gasteiger partial charge in [-0.25, -0.2) is 0 Å². The average molecular weight is 675 g/mol. The highest BCUT2D eigenvalue weighted by Gasteiger charge is 2.50. The van der Waals surface area contributed by atoms with Crippen LogP contribution in [-0.4, -0.2) is 11.1 Å². The van der Waals surface area contributed by atoms with E-state index in [9.17, 15) is 0 Å². The Bertz CT molecular complexity index is 2560. The first-order chi connectivity index (χ1) is 25.8. The summed E-state index contributed by atoms with van der Waals surface area (Å²) in [4.78, 5) is 0. The second-order valence-corrected chi connectivity index (χ2v) is 14.6. The SMILES string of the molecule is C1=C(c2ccc3c(c2)Oc2ccccc2C32c3ccccc3Oc3cc(C4CCCCN4)ccc32)c2c(n(-c3ccccc3)c3ccccc23)CC1. The fraction of sp³-hybridized carbons (Fsp3) is 0.167. The van der Waals surface area contributed by atoms with Crippen LogP contribution in [-0.2, 0) is 11.8 Å². The van der Waals surface area contributed by atoms with E-state index in [-0.39, 0.29) is 0 Å². The Morgan fingerprint density at radius 2 is 1.29 bits per heavy atom. The predicted octanol–water partition coefficient (Wildman–Crippen LogP) is 11.4. The summed E-state index contributed by atoms with van der Waals surface area (Å²) in [5.41, 5.74) is 12.8. The van der Waals surface area contributed by atoms with Crippen molar-refractivity contribution in [1.82, 2.24) is 9.88 Å². The molecule has 0 bridgehead atoms. The number of ether oxygens (including phenoxy) is 2. The van der Waals surface area contributed by atoms with Gasteiger partial charge in [-0.15, -0.1) is 0 Å². The quantitative estimate of drug-likeness (QED) is 0.203. The third kappa shape index (κ3) is 4.25. The van der Waals surface area contributed by atoms with Crippen LogP contribution < -0.4 is 14.8 Å².